The molecule has 4 aromatic rings. The molecule has 0 atom stereocenters. The van der Waals surface area contributed by atoms with Crippen molar-refractivity contribution in [3.63, 3.8) is 0 Å². The average Bonchev–Trinajstić information content (AvgIpc) is 3.80. The summed E-state index contributed by atoms with van der Waals surface area (Å²) in [7, 11) is 1.99. The van der Waals surface area contributed by atoms with Crippen molar-refractivity contribution >= 4 is 29.1 Å². The quantitative estimate of drug-likeness (QED) is 0.134. The number of rotatable bonds is 11. The Morgan fingerprint density at radius 3 is 1.38 bits per heavy atom. The summed E-state index contributed by atoms with van der Waals surface area (Å²) in [5.74, 6) is 1.31. The van der Waals surface area contributed by atoms with Gasteiger partial charge in [-0.25, -0.2) is 0 Å². The molecule has 0 saturated heterocycles. The van der Waals surface area contributed by atoms with E-state index in [1.807, 2.05) is 24.3 Å². The smallest absolute Gasteiger partial charge is 0.194 e. The van der Waals surface area contributed by atoms with Gasteiger partial charge in [-0.3, -0.25) is 4.79 Å². The summed E-state index contributed by atoms with van der Waals surface area (Å²) < 4.78 is 38.5. The monoisotopic (exact) mass is 584 g/mol. The lowest BCUT2D eigenvalue weighted by atomic mass is 9.94. The van der Waals surface area contributed by atoms with Crippen LogP contribution >= 0.6 is 7.14 Å². The third kappa shape index (κ3) is 5.46. The number of hydrogen-bond acceptors (Lipinski definition) is 7. The van der Waals surface area contributed by atoms with Gasteiger partial charge in [0.1, 0.15) is 23.0 Å². The maximum absolute atomic E-state index is 16.2. The number of benzene rings is 4. The van der Waals surface area contributed by atoms with E-state index in [0.717, 1.165) is 0 Å². The second-order valence-corrected chi connectivity index (χ2v) is 12.8. The van der Waals surface area contributed by atoms with Crippen molar-refractivity contribution in [2.45, 2.75) is 18.4 Å². The number of aliphatic hydroxyl groups is 1. The Morgan fingerprint density at radius 2 is 1.02 bits per heavy atom. The molecule has 1 fully saturated rings. The predicted molar refractivity (Wildman–Crippen MR) is 164 cm³/mol. The molecule has 1 saturated carbocycles. The summed E-state index contributed by atoms with van der Waals surface area (Å²) in [6.07, 6.45) is 0.680. The van der Waals surface area contributed by atoms with Crippen LogP contribution in [0.2, 0.25) is 0 Å². The average molecular weight is 585 g/mol. The van der Waals surface area contributed by atoms with Gasteiger partial charge < -0.3 is 28.6 Å². The van der Waals surface area contributed by atoms with E-state index in [2.05, 4.69) is 0 Å². The maximum atomic E-state index is 16.2. The third-order valence-corrected chi connectivity index (χ3v) is 10.7. The Kier molecular flexibility index (Phi) is 8.26. The summed E-state index contributed by atoms with van der Waals surface area (Å²) in [5.41, 5.74) is -0.353. The number of carbonyl (C=O) groups is 1. The van der Waals surface area contributed by atoms with Gasteiger partial charge in [-0.15, -0.1) is 0 Å². The molecular formula is C34H33O7P. The second kappa shape index (κ2) is 11.9. The van der Waals surface area contributed by atoms with Crippen molar-refractivity contribution in [1.29, 1.82) is 0 Å². The van der Waals surface area contributed by atoms with Gasteiger partial charge in [0.25, 0.3) is 0 Å². The molecule has 216 valence electrons. The molecule has 0 radical (unpaired) electrons. The molecular weight excluding hydrogens is 551 g/mol. The summed E-state index contributed by atoms with van der Waals surface area (Å²) in [6.45, 7) is 0. The summed E-state index contributed by atoms with van der Waals surface area (Å²) in [6, 6.07) is 27.9. The predicted octanol–water partition coefficient (Wildman–Crippen LogP) is 5.85. The van der Waals surface area contributed by atoms with Crippen LogP contribution in [0.4, 0.5) is 0 Å². The fraction of sp³-hybridized carbons (Fsp3) is 0.206. The molecule has 0 amide bonds. The first-order chi connectivity index (χ1) is 20.3. The molecule has 0 aromatic heterocycles. The minimum absolute atomic E-state index is 0.153. The van der Waals surface area contributed by atoms with E-state index in [4.69, 9.17) is 18.9 Å². The van der Waals surface area contributed by atoms with Crippen molar-refractivity contribution in [2.24, 2.45) is 0 Å². The zero-order chi connectivity index (χ0) is 29.9. The van der Waals surface area contributed by atoms with Crippen LogP contribution in [0.3, 0.4) is 0 Å². The van der Waals surface area contributed by atoms with Crippen LogP contribution in [0.15, 0.2) is 102 Å². The van der Waals surface area contributed by atoms with Crippen LogP contribution in [-0.4, -0.2) is 44.9 Å². The summed E-state index contributed by atoms with van der Waals surface area (Å²) in [5, 5.41) is 12.9. The van der Waals surface area contributed by atoms with Crippen molar-refractivity contribution in [1.82, 2.24) is 0 Å². The second-order valence-electron chi connectivity index (χ2n) is 10.1. The van der Waals surface area contributed by atoms with E-state index >= 15 is 4.57 Å². The number of methoxy groups -OCH3 is 4. The first-order valence-corrected chi connectivity index (χ1v) is 15.2. The Morgan fingerprint density at radius 1 is 0.643 bits per heavy atom. The third-order valence-electron chi connectivity index (χ3n) is 7.44. The maximum Gasteiger partial charge on any atom is 0.194 e. The summed E-state index contributed by atoms with van der Waals surface area (Å²) in [4.78, 5) is 14.5. The zero-order valence-electron chi connectivity index (χ0n) is 24.0. The minimum atomic E-state index is -4.06. The van der Waals surface area contributed by atoms with Crippen molar-refractivity contribution < 1.29 is 33.4 Å². The molecule has 0 aliphatic heterocycles. The van der Waals surface area contributed by atoms with Crippen LogP contribution in [0.5, 0.6) is 23.0 Å². The largest absolute Gasteiger partial charge is 0.497 e. The molecule has 7 nitrogen and oxygen atoms in total. The molecule has 1 aliphatic carbocycles. The van der Waals surface area contributed by atoms with Crippen molar-refractivity contribution in [3.05, 3.63) is 114 Å². The highest BCUT2D eigenvalue weighted by molar-refractivity contribution is 7.82. The van der Waals surface area contributed by atoms with Gasteiger partial charge in [0.2, 0.25) is 0 Å². The van der Waals surface area contributed by atoms with Gasteiger partial charge in [0.05, 0.1) is 34.0 Å². The SMILES string of the molecule is COc1cc(OC)cc(P(=O)(/C(=C(\C(=O)c2ccccc2)c2ccccc2)C2(O)CC2)c2cc(OC)cc(OC)c2)c1. The molecule has 4 aromatic carbocycles. The molecule has 0 spiro atoms. The Bertz CT molecular complexity index is 1570. The van der Waals surface area contributed by atoms with Crippen LogP contribution in [0.1, 0.15) is 28.8 Å². The number of ether oxygens (including phenoxy) is 4. The first-order valence-electron chi connectivity index (χ1n) is 13.5. The molecule has 0 unspecified atom stereocenters. The Hall–Kier alpha value is -4.32. The topological polar surface area (TPSA) is 91.3 Å². The van der Waals surface area contributed by atoms with Crippen LogP contribution in [0.25, 0.3) is 5.57 Å². The number of carbonyl (C=O) groups excluding carboxylic acids is 1. The van der Waals surface area contributed by atoms with Crippen LogP contribution in [-0.2, 0) is 4.57 Å². The van der Waals surface area contributed by atoms with Crippen molar-refractivity contribution in [2.75, 3.05) is 28.4 Å². The molecule has 1 N–H and O–H groups in total. The Labute approximate surface area is 245 Å². The van der Waals surface area contributed by atoms with E-state index in [-0.39, 0.29) is 16.7 Å². The van der Waals surface area contributed by atoms with Crippen LogP contribution in [0, 0.1) is 0 Å². The summed E-state index contributed by atoms with van der Waals surface area (Å²) >= 11 is 0. The van der Waals surface area contributed by atoms with E-state index < -0.39 is 12.7 Å². The highest BCUT2D eigenvalue weighted by atomic mass is 31.2. The van der Waals surface area contributed by atoms with Crippen molar-refractivity contribution in [3.8, 4) is 23.0 Å². The highest BCUT2D eigenvalue weighted by Gasteiger charge is 2.55. The molecule has 42 heavy (non-hydrogen) atoms. The number of Topliss-reactive ketones (excluding diaryl/α,β-unsaturated/α-hetero) is 1. The van der Waals surface area contributed by atoms with E-state index in [9.17, 15) is 9.90 Å². The minimum Gasteiger partial charge on any atom is -0.497 e. The molecule has 1 aliphatic rings. The lowest BCUT2D eigenvalue weighted by Crippen LogP contribution is -2.27. The van der Waals surface area contributed by atoms with Gasteiger partial charge in [0.15, 0.2) is 12.9 Å². The highest BCUT2D eigenvalue weighted by Crippen LogP contribution is 2.65. The standard InChI is InChI=1S/C34H33O7P/c1-38-25-17-26(39-2)20-29(19-25)42(37,30-21-27(40-3)18-28(22-30)41-4)33(34(36)15-16-34)31(23-11-7-5-8-12-23)32(35)24-13-9-6-10-14-24/h5-14,17-22,36H,15-16H2,1-4H3/b33-31-. The van der Waals surface area contributed by atoms with Gasteiger partial charge in [-0.1, -0.05) is 60.7 Å². The number of allylic oxidation sites excluding steroid dienone is 1. The van der Waals surface area contributed by atoms with E-state index in [0.29, 0.717) is 57.6 Å². The van der Waals surface area contributed by atoms with Gasteiger partial charge in [-0.05, 0) is 42.7 Å². The van der Waals surface area contributed by atoms with Gasteiger partial charge >= 0.3 is 0 Å². The molecule has 0 heterocycles. The zero-order valence-corrected chi connectivity index (χ0v) is 24.9. The first kappa shape index (κ1) is 29.2. The lowest BCUT2D eigenvalue weighted by Gasteiger charge is -2.30. The van der Waals surface area contributed by atoms with Gasteiger partial charge in [0, 0.05) is 39.2 Å². The number of ketones is 1. The van der Waals surface area contributed by atoms with Gasteiger partial charge in [-0.2, -0.15) is 0 Å². The molecule has 0 bridgehead atoms. The molecule has 8 heteroatoms. The fourth-order valence-electron chi connectivity index (χ4n) is 5.11. The number of hydrogen-bond donors (Lipinski definition) is 1. The van der Waals surface area contributed by atoms with Crippen LogP contribution < -0.4 is 29.6 Å². The van der Waals surface area contributed by atoms with E-state index in [1.54, 1.807) is 72.8 Å². The lowest BCUT2D eigenvalue weighted by molar-refractivity contribution is 0.105. The molecule has 5 rings (SSSR count). The Balaban J connectivity index is 1.97. The van der Waals surface area contributed by atoms with E-state index in [1.165, 1.54) is 28.4 Å². The fourth-order valence-corrected chi connectivity index (χ4v) is 8.51. The normalized spacial score (nSPS) is 14.4.